The minimum Gasteiger partial charge on any atom is -0.381 e. The smallest absolute Gasteiger partial charge is 0.269 e. The molecule has 1 atom stereocenters. The van der Waals surface area contributed by atoms with Crippen molar-refractivity contribution in [3.05, 3.63) is 17.7 Å². The lowest BCUT2D eigenvalue weighted by Crippen LogP contribution is -2.33. The fraction of sp³-hybridized carbons (Fsp3) is 0.692. The van der Waals surface area contributed by atoms with Crippen molar-refractivity contribution < 1.29 is 9.53 Å². The van der Waals surface area contributed by atoms with Crippen LogP contribution in [0.25, 0.3) is 0 Å². The summed E-state index contributed by atoms with van der Waals surface area (Å²) in [5.41, 5.74) is 0.961. The van der Waals surface area contributed by atoms with Crippen LogP contribution >= 0.6 is 0 Å². The van der Waals surface area contributed by atoms with Crippen LogP contribution in [0.1, 0.15) is 35.6 Å². The van der Waals surface area contributed by atoms with Gasteiger partial charge in [0, 0.05) is 26.3 Å². The summed E-state index contributed by atoms with van der Waals surface area (Å²) < 4.78 is 7.21. The molecule has 2 heterocycles. The number of amides is 1. The van der Waals surface area contributed by atoms with Crippen LogP contribution in [-0.2, 0) is 11.8 Å². The molecule has 0 aromatic carbocycles. The number of aryl methyl sites for hydroxylation is 1. The zero-order valence-corrected chi connectivity index (χ0v) is 10.9. The number of rotatable bonds is 2. The van der Waals surface area contributed by atoms with Gasteiger partial charge < -0.3 is 14.6 Å². The van der Waals surface area contributed by atoms with E-state index in [1.54, 1.807) is 6.20 Å². The zero-order valence-electron chi connectivity index (χ0n) is 10.9. The second kappa shape index (κ2) is 4.09. The predicted octanol–water partition coefficient (Wildman–Crippen LogP) is 1.03. The molecule has 1 amide bonds. The standard InChI is InChI=1S/C13H19N3O2/c1-9-14-8-10(16(9)2)12(17)15-11-7-13(11)3-5-18-6-4-13/h8,11H,3-7H2,1-2H3,(H,15,17)/t11-/m0/s1. The van der Waals surface area contributed by atoms with E-state index < -0.39 is 0 Å². The molecule has 1 aromatic rings. The lowest BCUT2D eigenvalue weighted by molar-refractivity contribution is 0.0534. The molecular weight excluding hydrogens is 230 g/mol. The molecule has 0 unspecified atom stereocenters. The van der Waals surface area contributed by atoms with Gasteiger partial charge in [0.1, 0.15) is 11.5 Å². The minimum atomic E-state index is -0.00790. The molecule has 1 saturated carbocycles. The molecule has 2 fully saturated rings. The van der Waals surface area contributed by atoms with Crippen molar-refractivity contribution in [3.63, 3.8) is 0 Å². The van der Waals surface area contributed by atoms with E-state index in [0.29, 0.717) is 17.2 Å². The lowest BCUT2D eigenvalue weighted by atomic mass is 9.96. The lowest BCUT2D eigenvalue weighted by Gasteiger charge is -2.22. The normalized spacial score (nSPS) is 25.1. The number of nitrogens with one attached hydrogen (secondary N) is 1. The molecule has 18 heavy (non-hydrogen) atoms. The Morgan fingerprint density at radius 1 is 1.56 bits per heavy atom. The van der Waals surface area contributed by atoms with E-state index in [2.05, 4.69) is 10.3 Å². The highest BCUT2D eigenvalue weighted by Gasteiger charge is 2.55. The molecule has 3 rings (SSSR count). The Hall–Kier alpha value is -1.36. The van der Waals surface area contributed by atoms with Crippen LogP contribution in [0.3, 0.4) is 0 Å². The van der Waals surface area contributed by atoms with Gasteiger partial charge in [-0.15, -0.1) is 0 Å². The van der Waals surface area contributed by atoms with E-state index in [4.69, 9.17) is 4.74 Å². The molecule has 2 aliphatic rings. The molecule has 0 radical (unpaired) electrons. The molecule has 1 N–H and O–H groups in total. The van der Waals surface area contributed by atoms with E-state index >= 15 is 0 Å². The summed E-state index contributed by atoms with van der Waals surface area (Å²) in [5, 5.41) is 3.13. The van der Waals surface area contributed by atoms with Gasteiger partial charge in [0.25, 0.3) is 5.91 Å². The van der Waals surface area contributed by atoms with Gasteiger partial charge >= 0.3 is 0 Å². The number of carbonyl (C=O) groups is 1. The number of nitrogens with zero attached hydrogens (tertiary/aromatic N) is 2. The Bertz CT molecular complexity index is 475. The first-order valence-electron chi connectivity index (χ1n) is 6.49. The summed E-state index contributed by atoms with van der Waals surface area (Å²) in [6.45, 7) is 3.56. The third-order valence-electron chi connectivity index (χ3n) is 4.44. The van der Waals surface area contributed by atoms with Crippen molar-refractivity contribution in [2.75, 3.05) is 13.2 Å². The van der Waals surface area contributed by atoms with Gasteiger partial charge in [-0.05, 0) is 31.6 Å². The predicted molar refractivity (Wildman–Crippen MR) is 66.3 cm³/mol. The number of hydrogen-bond donors (Lipinski definition) is 1. The fourth-order valence-corrected chi connectivity index (χ4v) is 2.83. The number of carbonyl (C=O) groups excluding carboxylic acids is 1. The molecule has 1 aliphatic carbocycles. The van der Waals surface area contributed by atoms with Crippen molar-refractivity contribution in [1.29, 1.82) is 0 Å². The number of aromatic nitrogens is 2. The fourth-order valence-electron chi connectivity index (χ4n) is 2.83. The van der Waals surface area contributed by atoms with Crippen molar-refractivity contribution in [3.8, 4) is 0 Å². The number of hydrogen-bond acceptors (Lipinski definition) is 3. The van der Waals surface area contributed by atoms with E-state index in [9.17, 15) is 4.79 Å². The van der Waals surface area contributed by atoms with Crippen LogP contribution in [0.15, 0.2) is 6.20 Å². The van der Waals surface area contributed by atoms with Gasteiger partial charge in [-0.3, -0.25) is 4.79 Å². The van der Waals surface area contributed by atoms with Crippen LogP contribution in [0, 0.1) is 12.3 Å². The van der Waals surface area contributed by atoms with Crippen LogP contribution in [0.5, 0.6) is 0 Å². The summed E-state index contributed by atoms with van der Waals surface area (Å²) >= 11 is 0. The Labute approximate surface area is 107 Å². The first-order valence-corrected chi connectivity index (χ1v) is 6.49. The van der Waals surface area contributed by atoms with Crippen LogP contribution in [0.4, 0.5) is 0 Å². The van der Waals surface area contributed by atoms with Gasteiger partial charge in [-0.1, -0.05) is 0 Å². The highest BCUT2D eigenvalue weighted by atomic mass is 16.5. The van der Waals surface area contributed by atoms with E-state index in [0.717, 1.165) is 38.3 Å². The van der Waals surface area contributed by atoms with E-state index in [1.807, 2.05) is 18.5 Å². The Morgan fingerprint density at radius 2 is 2.28 bits per heavy atom. The van der Waals surface area contributed by atoms with Crippen LogP contribution < -0.4 is 5.32 Å². The summed E-state index contributed by atoms with van der Waals surface area (Å²) in [6, 6.07) is 0.323. The van der Waals surface area contributed by atoms with Crippen LogP contribution in [0.2, 0.25) is 0 Å². The van der Waals surface area contributed by atoms with Gasteiger partial charge in [-0.2, -0.15) is 0 Å². The largest absolute Gasteiger partial charge is 0.381 e. The first-order chi connectivity index (χ1) is 8.62. The quantitative estimate of drug-likeness (QED) is 0.851. The van der Waals surface area contributed by atoms with Crippen molar-refractivity contribution in [2.24, 2.45) is 12.5 Å². The van der Waals surface area contributed by atoms with Crippen molar-refractivity contribution in [1.82, 2.24) is 14.9 Å². The zero-order chi connectivity index (χ0) is 12.8. The van der Waals surface area contributed by atoms with Crippen molar-refractivity contribution >= 4 is 5.91 Å². The van der Waals surface area contributed by atoms with Crippen molar-refractivity contribution in [2.45, 2.75) is 32.2 Å². The average molecular weight is 249 g/mol. The van der Waals surface area contributed by atoms with Gasteiger partial charge in [0.15, 0.2) is 0 Å². The summed E-state index contributed by atoms with van der Waals surface area (Å²) in [6.07, 6.45) is 4.88. The maximum Gasteiger partial charge on any atom is 0.269 e. The Kier molecular flexibility index (Phi) is 2.66. The summed E-state index contributed by atoms with van der Waals surface area (Å²) in [7, 11) is 1.87. The third-order valence-corrected chi connectivity index (χ3v) is 4.44. The second-order valence-corrected chi connectivity index (χ2v) is 5.45. The molecule has 0 bridgehead atoms. The molecule has 98 valence electrons. The Morgan fingerprint density at radius 3 is 2.89 bits per heavy atom. The first kappa shape index (κ1) is 11.7. The monoisotopic (exact) mass is 249 g/mol. The Balaban J connectivity index is 1.64. The molecule has 1 spiro atoms. The molecular formula is C13H19N3O2. The topological polar surface area (TPSA) is 56.1 Å². The average Bonchev–Trinajstić information content (AvgIpc) is 2.88. The molecule has 1 aromatic heterocycles. The third kappa shape index (κ3) is 1.82. The molecule has 1 saturated heterocycles. The van der Waals surface area contributed by atoms with Gasteiger partial charge in [0.05, 0.1) is 6.20 Å². The highest BCUT2D eigenvalue weighted by Crippen LogP contribution is 2.53. The summed E-state index contributed by atoms with van der Waals surface area (Å²) in [4.78, 5) is 16.3. The number of ether oxygens (including phenoxy) is 1. The highest BCUT2D eigenvalue weighted by molar-refractivity contribution is 5.93. The van der Waals surface area contributed by atoms with E-state index in [-0.39, 0.29) is 5.91 Å². The minimum absolute atomic E-state index is 0.00790. The maximum absolute atomic E-state index is 12.2. The molecule has 1 aliphatic heterocycles. The SMILES string of the molecule is Cc1ncc(C(=O)N[C@H]2CC23CCOCC3)n1C. The van der Waals surface area contributed by atoms with E-state index in [1.165, 1.54) is 0 Å². The molecule has 5 heteroatoms. The maximum atomic E-state index is 12.2. The second-order valence-electron chi connectivity index (χ2n) is 5.45. The summed E-state index contributed by atoms with van der Waals surface area (Å²) in [5.74, 6) is 0.850. The van der Waals surface area contributed by atoms with Gasteiger partial charge in [0.2, 0.25) is 0 Å². The number of imidazole rings is 1. The van der Waals surface area contributed by atoms with Crippen LogP contribution in [-0.4, -0.2) is 34.7 Å². The molecule has 5 nitrogen and oxygen atoms in total. The van der Waals surface area contributed by atoms with Gasteiger partial charge in [-0.25, -0.2) is 4.98 Å².